The van der Waals surface area contributed by atoms with Gasteiger partial charge in [-0.2, -0.15) is 0 Å². The van der Waals surface area contributed by atoms with Crippen molar-refractivity contribution in [3.05, 3.63) is 35.7 Å². The largest absolute Gasteiger partial charge is 0.425 e. The molecule has 1 saturated heterocycles. The van der Waals surface area contributed by atoms with E-state index >= 15 is 0 Å². The molecule has 0 saturated carbocycles. The highest BCUT2D eigenvalue weighted by Gasteiger charge is 2.25. The van der Waals surface area contributed by atoms with Crippen molar-refractivity contribution >= 4 is 11.7 Å². The second-order valence-corrected chi connectivity index (χ2v) is 7.09. The van der Waals surface area contributed by atoms with Crippen molar-refractivity contribution in [2.45, 2.75) is 51.4 Å². The minimum atomic E-state index is 0.155. The standard InChI is InChI=1S/C19H27N5O2/c1-13(2)19-23-22-17(26-19)6-7-18(25)24-10-4-5-15(12-24)14-8-9-21-16(11-14)20-3/h8-9,11,13,15H,4-7,10,12H2,1-3H3,(H,20,21). The molecule has 1 aliphatic rings. The smallest absolute Gasteiger partial charge is 0.223 e. The molecule has 26 heavy (non-hydrogen) atoms. The molecule has 3 rings (SSSR count). The fourth-order valence-corrected chi connectivity index (χ4v) is 3.29. The van der Waals surface area contributed by atoms with Gasteiger partial charge in [-0.1, -0.05) is 13.8 Å². The summed E-state index contributed by atoms with van der Waals surface area (Å²) in [4.78, 5) is 18.9. The summed E-state index contributed by atoms with van der Waals surface area (Å²) < 4.78 is 5.59. The van der Waals surface area contributed by atoms with E-state index < -0.39 is 0 Å². The molecule has 1 N–H and O–H groups in total. The van der Waals surface area contributed by atoms with Crippen LogP contribution in [0.15, 0.2) is 22.7 Å². The number of amides is 1. The third-order valence-corrected chi connectivity index (χ3v) is 4.81. The van der Waals surface area contributed by atoms with Crippen molar-refractivity contribution in [1.82, 2.24) is 20.1 Å². The summed E-state index contributed by atoms with van der Waals surface area (Å²) in [5.74, 6) is 2.76. The number of aryl methyl sites for hydroxylation is 1. The van der Waals surface area contributed by atoms with E-state index in [4.69, 9.17) is 4.42 Å². The van der Waals surface area contributed by atoms with E-state index in [1.807, 2.05) is 38.1 Å². The van der Waals surface area contributed by atoms with Crippen molar-refractivity contribution in [2.24, 2.45) is 0 Å². The van der Waals surface area contributed by atoms with Gasteiger partial charge < -0.3 is 14.6 Å². The van der Waals surface area contributed by atoms with Crippen LogP contribution in [0.1, 0.15) is 62.3 Å². The molecule has 3 heterocycles. The zero-order valence-electron chi connectivity index (χ0n) is 15.7. The lowest BCUT2D eigenvalue weighted by Crippen LogP contribution is -2.39. The lowest BCUT2D eigenvalue weighted by atomic mass is 9.91. The Balaban J connectivity index is 1.57. The Bertz CT molecular complexity index is 743. The number of piperidine rings is 1. The Labute approximate surface area is 154 Å². The monoisotopic (exact) mass is 357 g/mol. The molecule has 1 fully saturated rings. The van der Waals surface area contributed by atoms with Gasteiger partial charge >= 0.3 is 0 Å². The number of carbonyl (C=O) groups is 1. The average molecular weight is 357 g/mol. The fourth-order valence-electron chi connectivity index (χ4n) is 3.29. The highest BCUT2D eigenvalue weighted by Crippen LogP contribution is 2.28. The molecule has 140 valence electrons. The molecule has 1 atom stereocenters. The summed E-state index contributed by atoms with van der Waals surface area (Å²) in [7, 11) is 1.87. The number of pyridine rings is 1. The predicted octanol–water partition coefficient (Wildman–Crippen LogP) is 2.97. The van der Waals surface area contributed by atoms with E-state index in [2.05, 4.69) is 26.6 Å². The quantitative estimate of drug-likeness (QED) is 0.856. The van der Waals surface area contributed by atoms with Gasteiger partial charge in [-0.15, -0.1) is 10.2 Å². The van der Waals surface area contributed by atoms with Gasteiger partial charge in [0.05, 0.1) is 0 Å². The Morgan fingerprint density at radius 2 is 2.27 bits per heavy atom. The molecule has 2 aromatic rings. The van der Waals surface area contributed by atoms with Crippen molar-refractivity contribution in [2.75, 3.05) is 25.5 Å². The van der Waals surface area contributed by atoms with Crippen LogP contribution in [0.2, 0.25) is 0 Å². The number of likely N-dealkylation sites (tertiary alicyclic amines) is 1. The third kappa shape index (κ3) is 4.39. The van der Waals surface area contributed by atoms with Crippen LogP contribution < -0.4 is 5.32 Å². The third-order valence-electron chi connectivity index (χ3n) is 4.81. The Morgan fingerprint density at radius 1 is 1.42 bits per heavy atom. The first kappa shape index (κ1) is 18.4. The summed E-state index contributed by atoms with van der Waals surface area (Å²) in [6.45, 7) is 5.59. The molecule has 0 aliphatic carbocycles. The van der Waals surface area contributed by atoms with Gasteiger partial charge in [0.2, 0.25) is 17.7 Å². The van der Waals surface area contributed by atoms with E-state index in [0.29, 0.717) is 30.5 Å². The van der Waals surface area contributed by atoms with Crippen molar-refractivity contribution in [3.63, 3.8) is 0 Å². The number of nitrogens with one attached hydrogen (secondary N) is 1. The molecule has 0 bridgehead atoms. The van der Waals surface area contributed by atoms with E-state index in [0.717, 1.165) is 31.7 Å². The molecule has 1 amide bonds. The van der Waals surface area contributed by atoms with Crippen molar-refractivity contribution in [3.8, 4) is 0 Å². The van der Waals surface area contributed by atoms with Crippen molar-refractivity contribution < 1.29 is 9.21 Å². The second-order valence-electron chi connectivity index (χ2n) is 7.09. The maximum atomic E-state index is 12.6. The molecular weight excluding hydrogens is 330 g/mol. The van der Waals surface area contributed by atoms with E-state index in [-0.39, 0.29) is 11.8 Å². The van der Waals surface area contributed by atoms with Crippen LogP contribution in [0.3, 0.4) is 0 Å². The minimum absolute atomic E-state index is 0.155. The van der Waals surface area contributed by atoms with Gasteiger partial charge in [0.1, 0.15) is 5.82 Å². The molecule has 2 aromatic heterocycles. The van der Waals surface area contributed by atoms with Crippen LogP contribution in [0.5, 0.6) is 0 Å². The number of hydrogen-bond donors (Lipinski definition) is 1. The molecule has 0 aromatic carbocycles. The van der Waals surface area contributed by atoms with E-state index in [1.165, 1.54) is 5.56 Å². The molecule has 0 radical (unpaired) electrons. The van der Waals surface area contributed by atoms with Gasteiger partial charge in [-0.25, -0.2) is 4.98 Å². The second kappa shape index (κ2) is 8.29. The molecule has 1 aliphatic heterocycles. The summed E-state index contributed by atoms with van der Waals surface area (Å²) >= 11 is 0. The average Bonchev–Trinajstić information content (AvgIpc) is 3.15. The number of nitrogens with zero attached hydrogens (tertiary/aromatic N) is 4. The van der Waals surface area contributed by atoms with Gasteiger partial charge in [-0.3, -0.25) is 4.79 Å². The normalized spacial score (nSPS) is 17.5. The first-order valence-electron chi connectivity index (χ1n) is 9.30. The van der Waals surface area contributed by atoms with Crippen molar-refractivity contribution in [1.29, 1.82) is 0 Å². The van der Waals surface area contributed by atoms with E-state index in [9.17, 15) is 4.79 Å². The maximum Gasteiger partial charge on any atom is 0.223 e. The molecule has 0 spiro atoms. The highest BCUT2D eigenvalue weighted by atomic mass is 16.4. The Hall–Kier alpha value is -2.44. The zero-order valence-corrected chi connectivity index (χ0v) is 15.7. The molecule has 7 heteroatoms. The number of anilines is 1. The fraction of sp³-hybridized carbons (Fsp3) is 0.579. The highest BCUT2D eigenvalue weighted by molar-refractivity contribution is 5.76. The van der Waals surface area contributed by atoms with Crippen LogP contribution in [0.4, 0.5) is 5.82 Å². The predicted molar refractivity (Wildman–Crippen MR) is 99.0 cm³/mol. The summed E-state index contributed by atoms with van der Waals surface area (Å²) in [6.07, 6.45) is 4.84. The van der Waals surface area contributed by atoms with Crippen LogP contribution in [0.25, 0.3) is 0 Å². The summed E-state index contributed by atoms with van der Waals surface area (Å²) in [5.41, 5.74) is 1.24. The lowest BCUT2D eigenvalue weighted by Gasteiger charge is -2.33. The van der Waals surface area contributed by atoms with Crippen LogP contribution in [-0.2, 0) is 11.2 Å². The molecule has 1 unspecified atom stereocenters. The summed E-state index contributed by atoms with van der Waals surface area (Å²) in [5, 5.41) is 11.1. The first-order chi connectivity index (χ1) is 12.6. The molecular formula is C19H27N5O2. The summed E-state index contributed by atoms with van der Waals surface area (Å²) in [6, 6.07) is 4.12. The maximum absolute atomic E-state index is 12.6. The van der Waals surface area contributed by atoms with Gasteiger partial charge in [0.25, 0.3) is 0 Å². The van der Waals surface area contributed by atoms with Crippen LogP contribution >= 0.6 is 0 Å². The lowest BCUT2D eigenvalue weighted by molar-refractivity contribution is -0.132. The topological polar surface area (TPSA) is 84.2 Å². The van der Waals surface area contributed by atoms with Gasteiger partial charge in [0.15, 0.2) is 0 Å². The Morgan fingerprint density at radius 3 is 3.00 bits per heavy atom. The minimum Gasteiger partial charge on any atom is -0.425 e. The van der Waals surface area contributed by atoms with Gasteiger partial charge in [-0.05, 0) is 30.5 Å². The Kier molecular flexibility index (Phi) is 5.85. The molecule has 7 nitrogen and oxygen atoms in total. The van der Waals surface area contributed by atoms with Crippen LogP contribution in [0, 0.1) is 0 Å². The number of rotatable bonds is 6. The van der Waals surface area contributed by atoms with Gasteiger partial charge in [0, 0.05) is 51.0 Å². The number of hydrogen-bond acceptors (Lipinski definition) is 6. The van der Waals surface area contributed by atoms with E-state index in [1.54, 1.807) is 0 Å². The zero-order chi connectivity index (χ0) is 18.5. The van der Waals surface area contributed by atoms with Crippen LogP contribution in [-0.4, -0.2) is 46.1 Å². The SMILES string of the molecule is CNc1cc(C2CCCN(C(=O)CCc3nnc(C(C)C)o3)C2)ccn1. The first-order valence-corrected chi connectivity index (χ1v) is 9.30. The number of aromatic nitrogens is 3. The number of carbonyl (C=O) groups excluding carboxylic acids is 1.